The van der Waals surface area contributed by atoms with Gasteiger partial charge in [-0.1, -0.05) is 13.3 Å². The Morgan fingerprint density at radius 3 is 2.53 bits per heavy atom. The maximum atomic E-state index is 4.64. The summed E-state index contributed by atoms with van der Waals surface area (Å²) in [4.78, 5) is 0. The molecule has 0 unspecified atom stereocenters. The topological polar surface area (TPSA) is 29.9 Å². The van der Waals surface area contributed by atoms with Crippen molar-refractivity contribution in [3.05, 3.63) is 17.5 Å². The second-order valence-corrected chi connectivity index (χ2v) is 4.99. The van der Waals surface area contributed by atoms with Gasteiger partial charge in [-0.15, -0.1) is 0 Å². The van der Waals surface area contributed by atoms with Crippen LogP contribution in [0.4, 0.5) is 0 Å². The number of hydrogen-bond acceptors (Lipinski definition) is 2. The predicted molar refractivity (Wildman–Crippen MR) is 64.0 cm³/mol. The SMILES string of the molecule is CCCc1cc(CNC)nn1C(C)(C)C. The zero-order valence-electron chi connectivity index (χ0n) is 10.6. The number of nitrogens with one attached hydrogen (secondary N) is 1. The fraction of sp³-hybridized carbons (Fsp3) is 0.750. The van der Waals surface area contributed by atoms with Crippen molar-refractivity contribution in [3.8, 4) is 0 Å². The lowest BCUT2D eigenvalue weighted by Gasteiger charge is -2.22. The van der Waals surface area contributed by atoms with Gasteiger partial charge in [0, 0.05) is 12.2 Å². The van der Waals surface area contributed by atoms with Crippen LogP contribution in [0, 0.1) is 0 Å². The predicted octanol–water partition coefficient (Wildman–Crippen LogP) is 2.31. The van der Waals surface area contributed by atoms with Crippen molar-refractivity contribution in [2.75, 3.05) is 7.05 Å². The van der Waals surface area contributed by atoms with E-state index in [1.54, 1.807) is 0 Å². The summed E-state index contributed by atoms with van der Waals surface area (Å²) in [5.74, 6) is 0. The molecule has 0 fully saturated rings. The highest BCUT2D eigenvalue weighted by atomic mass is 15.3. The van der Waals surface area contributed by atoms with Crippen molar-refractivity contribution in [2.45, 2.75) is 52.6 Å². The van der Waals surface area contributed by atoms with Gasteiger partial charge in [-0.05, 0) is 40.3 Å². The molecule has 1 N–H and O–H groups in total. The summed E-state index contributed by atoms with van der Waals surface area (Å²) in [5, 5.41) is 7.79. The summed E-state index contributed by atoms with van der Waals surface area (Å²) in [6, 6.07) is 2.21. The molecule has 0 bridgehead atoms. The van der Waals surface area contributed by atoms with E-state index in [9.17, 15) is 0 Å². The molecule has 0 atom stereocenters. The Hall–Kier alpha value is -0.830. The first-order valence-corrected chi connectivity index (χ1v) is 5.72. The Labute approximate surface area is 92.9 Å². The molecule has 0 aliphatic rings. The minimum absolute atomic E-state index is 0.0799. The molecule has 3 nitrogen and oxygen atoms in total. The van der Waals surface area contributed by atoms with E-state index < -0.39 is 0 Å². The van der Waals surface area contributed by atoms with Crippen LogP contribution >= 0.6 is 0 Å². The first kappa shape index (κ1) is 12.2. The third kappa shape index (κ3) is 3.06. The monoisotopic (exact) mass is 209 g/mol. The summed E-state index contributed by atoms with van der Waals surface area (Å²) in [7, 11) is 1.95. The van der Waals surface area contributed by atoms with Crippen LogP contribution in [0.3, 0.4) is 0 Å². The van der Waals surface area contributed by atoms with Crippen molar-refractivity contribution in [1.82, 2.24) is 15.1 Å². The molecule has 86 valence electrons. The number of hydrogen-bond donors (Lipinski definition) is 1. The van der Waals surface area contributed by atoms with Crippen LogP contribution in [0.2, 0.25) is 0 Å². The molecule has 0 aliphatic carbocycles. The molecule has 3 heteroatoms. The minimum Gasteiger partial charge on any atom is -0.314 e. The third-order valence-corrected chi connectivity index (χ3v) is 2.33. The van der Waals surface area contributed by atoms with Gasteiger partial charge in [0.05, 0.1) is 11.2 Å². The van der Waals surface area contributed by atoms with Crippen LogP contribution in [0.15, 0.2) is 6.07 Å². The highest BCUT2D eigenvalue weighted by molar-refractivity contribution is 5.12. The quantitative estimate of drug-likeness (QED) is 0.824. The molecular formula is C12H23N3. The number of rotatable bonds is 4. The van der Waals surface area contributed by atoms with E-state index in [-0.39, 0.29) is 5.54 Å². The van der Waals surface area contributed by atoms with Crippen LogP contribution in [0.25, 0.3) is 0 Å². The zero-order chi connectivity index (χ0) is 11.5. The molecule has 0 saturated carbocycles. The molecule has 0 amide bonds. The average molecular weight is 209 g/mol. The number of aryl methyl sites for hydroxylation is 1. The Morgan fingerprint density at radius 2 is 2.07 bits per heavy atom. The van der Waals surface area contributed by atoms with E-state index in [0.29, 0.717) is 0 Å². The first-order chi connectivity index (χ1) is 6.99. The van der Waals surface area contributed by atoms with Gasteiger partial charge >= 0.3 is 0 Å². The summed E-state index contributed by atoms with van der Waals surface area (Å²) in [6.45, 7) is 9.64. The molecule has 15 heavy (non-hydrogen) atoms. The van der Waals surface area contributed by atoms with Crippen molar-refractivity contribution in [2.24, 2.45) is 0 Å². The van der Waals surface area contributed by atoms with E-state index in [0.717, 1.165) is 18.7 Å². The third-order valence-electron chi connectivity index (χ3n) is 2.33. The minimum atomic E-state index is 0.0799. The average Bonchev–Trinajstić information content (AvgIpc) is 2.49. The lowest BCUT2D eigenvalue weighted by Crippen LogP contribution is -2.25. The van der Waals surface area contributed by atoms with E-state index in [2.05, 4.69) is 48.9 Å². The van der Waals surface area contributed by atoms with Gasteiger partial charge in [0.2, 0.25) is 0 Å². The molecule has 1 aromatic rings. The summed E-state index contributed by atoms with van der Waals surface area (Å²) in [5.41, 5.74) is 2.56. The van der Waals surface area contributed by atoms with Crippen LogP contribution in [-0.2, 0) is 18.5 Å². The molecule has 0 radical (unpaired) electrons. The van der Waals surface area contributed by atoms with Crippen molar-refractivity contribution < 1.29 is 0 Å². The molecular weight excluding hydrogens is 186 g/mol. The van der Waals surface area contributed by atoms with Gasteiger partial charge < -0.3 is 5.32 Å². The van der Waals surface area contributed by atoms with Gasteiger partial charge in [0.25, 0.3) is 0 Å². The van der Waals surface area contributed by atoms with Gasteiger partial charge in [0.15, 0.2) is 0 Å². The van der Waals surface area contributed by atoms with Crippen LogP contribution < -0.4 is 5.32 Å². The summed E-state index contributed by atoms with van der Waals surface area (Å²) >= 11 is 0. The maximum Gasteiger partial charge on any atom is 0.0765 e. The van der Waals surface area contributed by atoms with Crippen molar-refractivity contribution in [3.63, 3.8) is 0 Å². The standard InChI is InChI=1S/C12H23N3/c1-6-7-11-8-10(9-13-5)14-15(11)12(2,3)4/h8,13H,6-7,9H2,1-5H3. The Morgan fingerprint density at radius 1 is 1.40 bits per heavy atom. The normalized spacial score (nSPS) is 12.1. The van der Waals surface area contributed by atoms with Crippen LogP contribution in [-0.4, -0.2) is 16.8 Å². The van der Waals surface area contributed by atoms with E-state index >= 15 is 0 Å². The maximum absolute atomic E-state index is 4.64. The molecule has 0 aromatic carbocycles. The van der Waals surface area contributed by atoms with Crippen LogP contribution in [0.5, 0.6) is 0 Å². The lowest BCUT2D eigenvalue weighted by atomic mass is 10.1. The first-order valence-electron chi connectivity index (χ1n) is 5.72. The molecule has 1 aromatic heterocycles. The Bertz CT molecular complexity index is 307. The fourth-order valence-electron chi connectivity index (χ4n) is 1.76. The van der Waals surface area contributed by atoms with E-state index in [4.69, 9.17) is 0 Å². The highest BCUT2D eigenvalue weighted by Gasteiger charge is 2.18. The second-order valence-electron chi connectivity index (χ2n) is 4.99. The smallest absolute Gasteiger partial charge is 0.0765 e. The van der Waals surface area contributed by atoms with Gasteiger partial charge in [-0.2, -0.15) is 5.10 Å². The Balaban J connectivity index is 3.00. The molecule has 0 aliphatic heterocycles. The van der Waals surface area contributed by atoms with E-state index in [1.165, 1.54) is 12.1 Å². The fourth-order valence-corrected chi connectivity index (χ4v) is 1.76. The molecule has 1 heterocycles. The van der Waals surface area contributed by atoms with E-state index in [1.807, 2.05) is 7.05 Å². The second kappa shape index (κ2) is 4.79. The van der Waals surface area contributed by atoms with Crippen molar-refractivity contribution >= 4 is 0 Å². The largest absolute Gasteiger partial charge is 0.314 e. The van der Waals surface area contributed by atoms with Crippen molar-refractivity contribution in [1.29, 1.82) is 0 Å². The zero-order valence-corrected chi connectivity index (χ0v) is 10.6. The Kier molecular flexibility index (Phi) is 3.91. The van der Waals surface area contributed by atoms with Gasteiger partial charge in [-0.3, -0.25) is 4.68 Å². The highest BCUT2D eigenvalue weighted by Crippen LogP contribution is 2.18. The van der Waals surface area contributed by atoms with Gasteiger partial charge in [-0.25, -0.2) is 0 Å². The lowest BCUT2D eigenvalue weighted by molar-refractivity contribution is 0.340. The van der Waals surface area contributed by atoms with Crippen LogP contribution in [0.1, 0.15) is 45.5 Å². The number of aromatic nitrogens is 2. The molecule has 0 spiro atoms. The molecule has 1 rings (SSSR count). The summed E-state index contributed by atoms with van der Waals surface area (Å²) < 4.78 is 2.16. The van der Waals surface area contributed by atoms with Gasteiger partial charge in [0.1, 0.15) is 0 Å². The molecule has 0 saturated heterocycles. The number of nitrogens with zero attached hydrogens (tertiary/aromatic N) is 2. The summed E-state index contributed by atoms with van der Waals surface area (Å²) in [6.07, 6.45) is 2.27.